The molecule has 1 heterocycles. The Morgan fingerprint density at radius 3 is 2.10 bits per heavy atom. The van der Waals surface area contributed by atoms with E-state index >= 15 is 0 Å². The SMILES string of the molecule is CC(C)CCCC(C)CCC1CCC(C2=NC(C3C=CC(C(C)(C)C)=CC3)N=C(C3C=CC(C(C)(C)C)CC3)N2)CC1. The van der Waals surface area contributed by atoms with Crippen molar-refractivity contribution in [2.75, 3.05) is 0 Å². The third-order valence-electron chi connectivity index (χ3n) is 10.8. The summed E-state index contributed by atoms with van der Waals surface area (Å²) in [5.41, 5.74) is 1.96. The van der Waals surface area contributed by atoms with Gasteiger partial charge in [0.25, 0.3) is 0 Å². The average molecular weight is 576 g/mol. The highest BCUT2D eigenvalue weighted by Gasteiger charge is 2.34. The van der Waals surface area contributed by atoms with E-state index in [0.717, 1.165) is 24.2 Å². The van der Waals surface area contributed by atoms with Crippen molar-refractivity contribution in [1.29, 1.82) is 0 Å². The molecule has 3 nitrogen and oxygen atoms in total. The number of hydrogen-bond acceptors (Lipinski definition) is 3. The highest BCUT2D eigenvalue weighted by Crippen LogP contribution is 2.39. The third kappa shape index (κ3) is 9.43. The van der Waals surface area contributed by atoms with Crippen molar-refractivity contribution in [3.63, 3.8) is 0 Å². The third-order valence-corrected chi connectivity index (χ3v) is 10.8. The molecule has 236 valence electrons. The van der Waals surface area contributed by atoms with Gasteiger partial charge in [0, 0.05) is 17.8 Å². The van der Waals surface area contributed by atoms with Crippen LogP contribution in [0.2, 0.25) is 0 Å². The molecule has 4 aliphatic rings. The van der Waals surface area contributed by atoms with Gasteiger partial charge in [0.1, 0.15) is 17.8 Å². The zero-order valence-corrected chi connectivity index (χ0v) is 28.9. The molecule has 1 aliphatic heterocycles. The topological polar surface area (TPSA) is 36.8 Å². The predicted octanol–water partition coefficient (Wildman–Crippen LogP) is 10.9. The van der Waals surface area contributed by atoms with E-state index in [-0.39, 0.29) is 11.6 Å². The molecule has 1 fully saturated rings. The van der Waals surface area contributed by atoms with Crippen LogP contribution in [0.3, 0.4) is 0 Å². The van der Waals surface area contributed by atoms with Crippen LogP contribution in [0, 0.1) is 52.3 Å². The Morgan fingerprint density at radius 1 is 0.810 bits per heavy atom. The number of hydrogen-bond donors (Lipinski definition) is 1. The van der Waals surface area contributed by atoms with Gasteiger partial charge >= 0.3 is 0 Å². The summed E-state index contributed by atoms with van der Waals surface area (Å²) in [6.45, 7) is 21.2. The van der Waals surface area contributed by atoms with Crippen LogP contribution in [0.5, 0.6) is 0 Å². The predicted molar refractivity (Wildman–Crippen MR) is 184 cm³/mol. The maximum atomic E-state index is 5.38. The molecule has 1 N–H and O–H groups in total. The average Bonchev–Trinajstić information content (AvgIpc) is 2.95. The van der Waals surface area contributed by atoms with Crippen molar-refractivity contribution < 1.29 is 0 Å². The van der Waals surface area contributed by atoms with Gasteiger partial charge in [-0.3, -0.25) is 0 Å². The molecule has 0 aromatic heterocycles. The van der Waals surface area contributed by atoms with Crippen molar-refractivity contribution in [2.24, 2.45) is 62.2 Å². The van der Waals surface area contributed by atoms with Gasteiger partial charge in [-0.1, -0.05) is 125 Å². The molecule has 0 bridgehead atoms. The first-order valence-corrected chi connectivity index (χ1v) is 17.8. The summed E-state index contributed by atoms with van der Waals surface area (Å²) < 4.78 is 0. The largest absolute Gasteiger partial charge is 0.332 e. The van der Waals surface area contributed by atoms with Crippen molar-refractivity contribution in [2.45, 2.75) is 146 Å². The Kier molecular flexibility index (Phi) is 11.4. The van der Waals surface area contributed by atoms with Gasteiger partial charge < -0.3 is 5.32 Å². The summed E-state index contributed by atoms with van der Waals surface area (Å²) >= 11 is 0. The first-order valence-electron chi connectivity index (χ1n) is 17.8. The molecule has 42 heavy (non-hydrogen) atoms. The Balaban J connectivity index is 1.40. The van der Waals surface area contributed by atoms with E-state index in [0.29, 0.717) is 29.1 Å². The second-order valence-corrected chi connectivity index (χ2v) is 17.0. The van der Waals surface area contributed by atoms with Gasteiger partial charge in [0.05, 0.1) is 0 Å². The molecule has 4 rings (SSSR count). The lowest BCUT2D eigenvalue weighted by molar-refractivity contribution is 0.261. The van der Waals surface area contributed by atoms with Gasteiger partial charge in [-0.15, -0.1) is 0 Å². The lowest BCUT2D eigenvalue weighted by atomic mass is 9.73. The van der Waals surface area contributed by atoms with E-state index in [1.165, 1.54) is 87.9 Å². The number of allylic oxidation sites excluding steroid dienone is 4. The summed E-state index contributed by atoms with van der Waals surface area (Å²) in [5.74, 6) is 7.00. The van der Waals surface area contributed by atoms with Crippen LogP contribution < -0.4 is 5.32 Å². The fourth-order valence-corrected chi connectivity index (χ4v) is 7.54. The first-order chi connectivity index (χ1) is 19.8. The van der Waals surface area contributed by atoms with Crippen LogP contribution in [0.4, 0.5) is 0 Å². The Morgan fingerprint density at radius 2 is 1.52 bits per heavy atom. The number of rotatable bonds is 10. The minimum Gasteiger partial charge on any atom is -0.332 e. The lowest BCUT2D eigenvalue weighted by Crippen LogP contribution is -2.46. The van der Waals surface area contributed by atoms with Crippen LogP contribution in [0.1, 0.15) is 139 Å². The highest BCUT2D eigenvalue weighted by molar-refractivity contribution is 6.04. The number of amidine groups is 2. The van der Waals surface area contributed by atoms with Crippen LogP contribution >= 0.6 is 0 Å². The fourth-order valence-electron chi connectivity index (χ4n) is 7.54. The summed E-state index contributed by atoms with van der Waals surface area (Å²) in [5, 5.41) is 3.86. The summed E-state index contributed by atoms with van der Waals surface area (Å²) in [6.07, 6.45) is 27.9. The van der Waals surface area contributed by atoms with E-state index in [2.05, 4.69) is 98.0 Å². The summed E-state index contributed by atoms with van der Waals surface area (Å²) in [6, 6.07) is 0. The maximum Gasteiger partial charge on any atom is 0.150 e. The van der Waals surface area contributed by atoms with Gasteiger partial charge in [-0.05, 0) is 85.0 Å². The van der Waals surface area contributed by atoms with Crippen LogP contribution in [-0.4, -0.2) is 17.8 Å². The molecule has 0 spiro atoms. The molecule has 0 aromatic rings. The summed E-state index contributed by atoms with van der Waals surface area (Å²) in [7, 11) is 0. The minimum atomic E-state index is 0.00317. The van der Waals surface area contributed by atoms with E-state index in [4.69, 9.17) is 9.98 Å². The second-order valence-electron chi connectivity index (χ2n) is 17.0. The quantitative estimate of drug-likeness (QED) is 0.258. The second kappa shape index (κ2) is 14.4. The van der Waals surface area contributed by atoms with Gasteiger partial charge in [0.15, 0.2) is 0 Å². The normalized spacial score (nSPS) is 31.3. The van der Waals surface area contributed by atoms with Crippen molar-refractivity contribution in [3.05, 3.63) is 36.0 Å². The van der Waals surface area contributed by atoms with Gasteiger partial charge in [-0.25, -0.2) is 9.98 Å². The first kappa shape index (κ1) is 33.3. The van der Waals surface area contributed by atoms with Crippen LogP contribution in [-0.2, 0) is 0 Å². The van der Waals surface area contributed by atoms with E-state index < -0.39 is 0 Å². The molecular formula is C39H65N3. The van der Waals surface area contributed by atoms with E-state index in [1.54, 1.807) is 0 Å². The van der Waals surface area contributed by atoms with Crippen molar-refractivity contribution in [3.8, 4) is 0 Å². The molecule has 3 heteroatoms. The van der Waals surface area contributed by atoms with E-state index in [9.17, 15) is 0 Å². The molecular weight excluding hydrogens is 510 g/mol. The molecule has 1 saturated carbocycles. The monoisotopic (exact) mass is 576 g/mol. The maximum absolute atomic E-state index is 5.38. The van der Waals surface area contributed by atoms with Crippen molar-refractivity contribution >= 4 is 11.7 Å². The zero-order chi connectivity index (χ0) is 30.5. The van der Waals surface area contributed by atoms with Gasteiger partial charge in [-0.2, -0.15) is 0 Å². The van der Waals surface area contributed by atoms with Crippen molar-refractivity contribution in [1.82, 2.24) is 5.32 Å². The Hall–Kier alpha value is -1.64. The number of aliphatic imine (C=N–C) groups is 2. The Bertz CT molecular complexity index is 1020. The Labute approximate surface area is 260 Å². The van der Waals surface area contributed by atoms with Crippen LogP contribution in [0.25, 0.3) is 0 Å². The molecule has 5 atom stereocenters. The standard InChI is InChI=1S/C39H65N3/c1-27(2)11-10-12-28(3)13-14-29-15-17-30(18-16-29)35-40-36(31-19-23-33(24-20-31)38(4,5)6)42-37(41-35)32-21-25-34(26-22-32)39(7,8)9/h19,21,23-25,27-32,34,36H,10-18,20,22,26H2,1-9H3,(H,40,41,42). The van der Waals surface area contributed by atoms with Gasteiger partial charge in [0.2, 0.25) is 0 Å². The summed E-state index contributed by atoms with van der Waals surface area (Å²) in [4.78, 5) is 10.7. The molecule has 5 unspecified atom stereocenters. The smallest absolute Gasteiger partial charge is 0.150 e. The van der Waals surface area contributed by atoms with Crippen LogP contribution in [0.15, 0.2) is 45.9 Å². The lowest BCUT2D eigenvalue weighted by Gasteiger charge is -2.37. The zero-order valence-electron chi connectivity index (χ0n) is 28.9. The highest BCUT2D eigenvalue weighted by atomic mass is 15.2. The van der Waals surface area contributed by atoms with E-state index in [1.807, 2.05) is 0 Å². The molecule has 0 aromatic carbocycles. The fraction of sp³-hybridized carbons (Fsp3) is 0.795. The molecule has 3 aliphatic carbocycles. The molecule has 0 saturated heterocycles. The molecule has 0 amide bonds. The number of nitrogens with zero attached hydrogens (tertiary/aromatic N) is 2. The molecule has 0 radical (unpaired) electrons. The number of nitrogens with one attached hydrogen (secondary N) is 1. The minimum absolute atomic E-state index is 0.00317.